The average Bonchev–Trinajstić information content (AvgIpc) is 2.53. The highest BCUT2D eigenvalue weighted by atomic mass is 79.9. The lowest BCUT2D eigenvalue weighted by atomic mass is 10.0. The van der Waals surface area contributed by atoms with Crippen molar-refractivity contribution in [1.82, 2.24) is 15.4 Å². The van der Waals surface area contributed by atoms with Crippen LogP contribution in [0.5, 0.6) is 0 Å². The van der Waals surface area contributed by atoms with Crippen LogP contribution in [0, 0.1) is 0 Å². The Hall–Kier alpha value is -1.82. The fourth-order valence-electron chi connectivity index (χ4n) is 2.34. The molecule has 1 unspecified atom stereocenters. The number of nitrogens with two attached hydrogens (primary N) is 1. The third kappa shape index (κ3) is 3.10. The number of nitrogens with one attached hydrogen (secondary N) is 1. The van der Waals surface area contributed by atoms with E-state index < -0.39 is 0 Å². The van der Waals surface area contributed by atoms with E-state index in [0.29, 0.717) is 0 Å². The second kappa shape index (κ2) is 6.30. The summed E-state index contributed by atoms with van der Waals surface area (Å²) < 4.78 is 0.952. The van der Waals surface area contributed by atoms with E-state index in [1.807, 2.05) is 42.6 Å². The van der Waals surface area contributed by atoms with Gasteiger partial charge in [-0.15, -0.1) is 0 Å². The maximum Gasteiger partial charge on any atom is 0.0739 e. The number of fused-ring (bicyclic) bond motifs is 1. The first-order valence-electron chi connectivity index (χ1n) is 6.68. The van der Waals surface area contributed by atoms with Gasteiger partial charge in [-0.2, -0.15) is 0 Å². The van der Waals surface area contributed by atoms with Crippen LogP contribution in [0.4, 0.5) is 0 Å². The number of hydrogen-bond acceptors (Lipinski definition) is 4. The van der Waals surface area contributed by atoms with Crippen molar-refractivity contribution in [3.05, 3.63) is 70.6 Å². The maximum atomic E-state index is 5.73. The molecule has 0 amide bonds. The molecule has 0 saturated heterocycles. The Morgan fingerprint density at radius 1 is 1.19 bits per heavy atom. The fourth-order valence-corrected chi connectivity index (χ4v) is 2.95. The first-order valence-corrected chi connectivity index (χ1v) is 7.47. The van der Waals surface area contributed by atoms with Gasteiger partial charge in [-0.25, -0.2) is 4.98 Å². The first kappa shape index (κ1) is 14.1. The lowest BCUT2D eigenvalue weighted by molar-refractivity contribution is 0.537. The van der Waals surface area contributed by atoms with Crippen molar-refractivity contribution in [3.63, 3.8) is 0 Å². The van der Waals surface area contributed by atoms with Gasteiger partial charge < -0.3 is 0 Å². The Kier molecular flexibility index (Phi) is 4.24. The topological polar surface area (TPSA) is 63.8 Å². The van der Waals surface area contributed by atoms with Crippen molar-refractivity contribution in [3.8, 4) is 0 Å². The number of hydrazine groups is 1. The number of rotatable bonds is 4. The van der Waals surface area contributed by atoms with Crippen molar-refractivity contribution >= 4 is 26.8 Å². The van der Waals surface area contributed by atoms with Crippen LogP contribution >= 0.6 is 15.9 Å². The number of benzene rings is 1. The lowest BCUT2D eigenvalue weighted by Crippen LogP contribution is -2.30. The lowest BCUT2D eigenvalue weighted by Gasteiger charge is -2.17. The minimum atomic E-state index is -0.0758. The van der Waals surface area contributed by atoms with Gasteiger partial charge in [-0.05, 0) is 46.1 Å². The standard InChI is InChI=1S/C16H15BrN4/c17-13-9-12-5-1-2-6-14(12)20-16(13)15(21-18)8-11-4-3-7-19-10-11/h1-7,9-10,15,21H,8,18H2. The van der Waals surface area contributed by atoms with Gasteiger partial charge >= 0.3 is 0 Å². The summed E-state index contributed by atoms with van der Waals surface area (Å²) in [6.45, 7) is 0. The molecule has 0 bridgehead atoms. The van der Waals surface area contributed by atoms with E-state index in [0.717, 1.165) is 33.1 Å². The molecule has 21 heavy (non-hydrogen) atoms. The summed E-state index contributed by atoms with van der Waals surface area (Å²) in [5, 5.41) is 1.10. The molecule has 3 rings (SSSR count). The molecule has 0 fully saturated rings. The molecule has 1 atom stereocenters. The van der Waals surface area contributed by atoms with Gasteiger partial charge in [-0.1, -0.05) is 24.3 Å². The van der Waals surface area contributed by atoms with E-state index in [-0.39, 0.29) is 6.04 Å². The molecule has 3 aromatic rings. The number of pyridine rings is 2. The van der Waals surface area contributed by atoms with Crippen LogP contribution in [-0.4, -0.2) is 9.97 Å². The quantitative estimate of drug-likeness (QED) is 0.564. The van der Waals surface area contributed by atoms with Crippen molar-refractivity contribution in [2.45, 2.75) is 12.5 Å². The molecule has 0 radical (unpaired) electrons. The number of halogens is 1. The van der Waals surface area contributed by atoms with Gasteiger partial charge in [0.15, 0.2) is 0 Å². The summed E-state index contributed by atoms with van der Waals surface area (Å²) in [5.74, 6) is 5.73. The van der Waals surface area contributed by atoms with E-state index in [1.165, 1.54) is 0 Å². The van der Waals surface area contributed by atoms with Gasteiger partial charge in [0.1, 0.15) is 0 Å². The van der Waals surface area contributed by atoms with Crippen LogP contribution in [0.3, 0.4) is 0 Å². The van der Waals surface area contributed by atoms with Crippen molar-refractivity contribution in [2.75, 3.05) is 0 Å². The van der Waals surface area contributed by atoms with Crippen LogP contribution in [0.2, 0.25) is 0 Å². The zero-order valence-corrected chi connectivity index (χ0v) is 12.9. The normalized spacial score (nSPS) is 12.5. The van der Waals surface area contributed by atoms with Crippen molar-refractivity contribution in [2.24, 2.45) is 5.84 Å². The Balaban J connectivity index is 1.98. The highest BCUT2D eigenvalue weighted by Crippen LogP contribution is 2.27. The van der Waals surface area contributed by atoms with Crippen LogP contribution < -0.4 is 11.3 Å². The minimum Gasteiger partial charge on any atom is -0.271 e. The maximum absolute atomic E-state index is 5.73. The van der Waals surface area contributed by atoms with E-state index in [2.05, 4.69) is 32.4 Å². The highest BCUT2D eigenvalue weighted by Gasteiger charge is 2.16. The molecule has 2 aromatic heterocycles. The molecule has 3 N–H and O–H groups in total. The molecule has 0 aliphatic heterocycles. The third-order valence-corrected chi connectivity index (χ3v) is 4.03. The molecule has 0 saturated carbocycles. The van der Waals surface area contributed by atoms with Crippen LogP contribution in [-0.2, 0) is 6.42 Å². The van der Waals surface area contributed by atoms with Crippen molar-refractivity contribution in [1.29, 1.82) is 0 Å². The van der Waals surface area contributed by atoms with Crippen LogP contribution in [0.25, 0.3) is 10.9 Å². The number of nitrogens with zero attached hydrogens (tertiary/aromatic N) is 2. The summed E-state index contributed by atoms with van der Waals surface area (Å²) in [6, 6.07) is 14.0. The summed E-state index contributed by atoms with van der Waals surface area (Å²) in [7, 11) is 0. The highest BCUT2D eigenvalue weighted by molar-refractivity contribution is 9.10. The predicted molar refractivity (Wildman–Crippen MR) is 87.4 cm³/mol. The van der Waals surface area contributed by atoms with E-state index in [1.54, 1.807) is 6.20 Å². The molecule has 106 valence electrons. The van der Waals surface area contributed by atoms with Gasteiger partial charge in [0.25, 0.3) is 0 Å². The summed E-state index contributed by atoms with van der Waals surface area (Å²) >= 11 is 3.60. The molecule has 0 aliphatic rings. The zero-order valence-electron chi connectivity index (χ0n) is 11.3. The molecular formula is C16H15BrN4. The summed E-state index contributed by atoms with van der Waals surface area (Å²) in [5.41, 5.74) is 5.83. The monoisotopic (exact) mass is 342 g/mol. The largest absolute Gasteiger partial charge is 0.271 e. The Morgan fingerprint density at radius 3 is 2.81 bits per heavy atom. The molecule has 1 aromatic carbocycles. The first-order chi connectivity index (χ1) is 10.3. The molecule has 0 aliphatic carbocycles. The molecule has 5 heteroatoms. The van der Waals surface area contributed by atoms with E-state index in [4.69, 9.17) is 10.8 Å². The van der Waals surface area contributed by atoms with Gasteiger partial charge in [0.2, 0.25) is 0 Å². The Bertz CT molecular complexity index is 746. The zero-order chi connectivity index (χ0) is 14.7. The smallest absolute Gasteiger partial charge is 0.0739 e. The number of aromatic nitrogens is 2. The SMILES string of the molecule is NNC(Cc1cccnc1)c1nc2ccccc2cc1Br. The minimum absolute atomic E-state index is 0.0758. The molecule has 0 spiro atoms. The number of hydrogen-bond donors (Lipinski definition) is 2. The fraction of sp³-hybridized carbons (Fsp3) is 0.125. The van der Waals surface area contributed by atoms with Crippen molar-refractivity contribution < 1.29 is 0 Å². The average molecular weight is 343 g/mol. The van der Waals surface area contributed by atoms with Crippen LogP contribution in [0.15, 0.2) is 59.3 Å². The van der Waals surface area contributed by atoms with Gasteiger partial charge in [-0.3, -0.25) is 16.3 Å². The summed E-state index contributed by atoms with van der Waals surface area (Å²) in [4.78, 5) is 8.87. The molecule has 4 nitrogen and oxygen atoms in total. The van der Waals surface area contributed by atoms with E-state index in [9.17, 15) is 0 Å². The number of para-hydroxylation sites is 1. The molecule has 2 heterocycles. The Labute approximate surface area is 131 Å². The van der Waals surface area contributed by atoms with Crippen LogP contribution in [0.1, 0.15) is 17.3 Å². The van der Waals surface area contributed by atoms with Gasteiger partial charge in [0, 0.05) is 22.3 Å². The third-order valence-electron chi connectivity index (χ3n) is 3.40. The van der Waals surface area contributed by atoms with E-state index >= 15 is 0 Å². The second-order valence-corrected chi connectivity index (χ2v) is 5.69. The Morgan fingerprint density at radius 2 is 2.05 bits per heavy atom. The molecular weight excluding hydrogens is 328 g/mol. The summed E-state index contributed by atoms with van der Waals surface area (Å²) in [6.07, 6.45) is 4.34. The second-order valence-electron chi connectivity index (χ2n) is 4.83. The predicted octanol–water partition coefficient (Wildman–Crippen LogP) is 3.14. The van der Waals surface area contributed by atoms with Gasteiger partial charge in [0.05, 0.1) is 17.3 Å².